The Morgan fingerprint density at radius 1 is 0.833 bits per heavy atom. The number of nitrogens with one attached hydrogen (secondary N) is 2. The van der Waals surface area contributed by atoms with Crippen LogP contribution in [0.25, 0.3) is 0 Å². The monoisotopic (exact) mass is 529 g/mol. The van der Waals surface area contributed by atoms with Crippen molar-refractivity contribution in [3.05, 3.63) is 47.0 Å². The predicted octanol–water partition coefficient (Wildman–Crippen LogP) is 3.90. The maximum Gasteiger partial charge on any atom is 0.203 e. The summed E-state index contributed by atoms with van der Waals surface area (Å²) in [7, 11) is 6.48. The molecule has 0 saturated carbocycles. The fourth-order valence-electron chi connectivity index (χ4n) is 2.98. The molecule has 0 radical (unpaired) electrons. The maximum absolute atomic E-state index is 5.41. The summed E-state index contributed by atoms with van der Waals surface area (Å²) >= 11 is 0. The number of aryl methyl sites for hydroxylation is 1. The molecule has 0 unspecified atom stereocenters. The molecule has 2 N–H and O–H groups in total. The van der Waals surface area contributed by atoms with Crippen molar-refractivity contribution in [2.24, 2.45) is 4.99 Å². The number of ether oxygens (including phenoxy) is 4. The van der Waals surface area contributed by atoms with Crippen molar-refractivity contribution in [2.75, 3.05) is 35.0 Å². The molecule has 166 valence electrons. The molecule has 0 spiro atoms. The van der Waals surface area contributed by atoms with Crippen LogP contribution in [0.4, 0.5) is 0 Å². The summed E-state index contributed by atoms with van der Waals surface area (Å²) in [5.41, 5.74) is 3.21. The minimum Gasteiger partial charge on any atom is -0.496 e. The van der Waals surface area contributed by atoms with Crippen molar-refractivity contribution in [1.82, 2.24) is 10.6 Å². The Labute approximate surface area is 196 Å². The van der Waals surface area contributed by atoms with Crippen LogP contribution in [0.15, 0.2) is 35.3 Å². The molecule has 0 aliphatic carbocycles. The summed E-state index contributed by atoms with van der Waals surface area (Å²) < 4.78 is 21.5. The Balaban J connectivity index is 0.00000450. The molecular formula is C22H32IN3O4. The number of rotatable bonds is 9. The Morgan fingerprint density at radius 3 is 1.97 bits per heavy atom. The van der Waals surface area contributed by atoms with Crippen LogP contribution in [0, 0.1) is 6.92 Å². The van der Waals surface area contributed by atoms with E-state index in [1.54, 1.807) is 28.4 Å². The lowest BCUT2D eigenvalue weighted by Gasteiger charge is -2.15. The molecule has 0 aromatic heterocycles. The normalized spacial score (nSPS) is 10.7. The molecule has 2 aromatic rings. The first-order chi connectivity index (χ1) is 14.1. The first-order valence-electron chi connectivity index (χ1n) is 9.50. The lowest BCUT2D eigenvalue weighted by atomic mass is 10.1. The SMILES string of the molecule is CCNC(=NCc1cc(OC)c(OC)c(OC)c1)NCc1ccc(OC)c(C)c1.I. The number of halogens is 1. The van der Waals surface area contributed by atoms with E-state index in [0.29, 0.717) is 30.3 Å². The summed E-state index contributed by atoms with van der Waals surface area (Å²) in [5, 5.41) is 6.63. The summed E-state index contributed by atoms with van der Waals surface area (Å²) in [6.07, 6.45) is 0. The standard InChI is InChI=1S/C22H31N3O4.HI/c1-7-23-22(24-13-16-8-9-18(26-3)15(2)10-16)25-14-17-11-19(27-4)21(29-6)20(12-17)28-5;/h8-12H,7,13-14H2,1-6H3,(H2,23,24,25);1H. The van der Waals surface area contributed by atoms with Crippen LogP contribution >= 0.6 is 24.0 Å². The molecule has 0 saturated heterocycles. The molecule has 30 heavy (non-hydrogen) atoms. The minimum absolute atomic E-state index is 0. The number of methoxy groups -OCH3 is 4. The lowest BCUT2D eigenvalue weighted by molar-refractivity contribution is 0.324. The van der Waals surface area contributed by atoms with Gasteiger partial charge in [-0.15, -0.1) is 24.0 Å². The van der Waals surface area contributed by atoms with Gasteiger partial charge in [0.1, 0.15) is 5.75 Å². The van der Waals surface area contributed by atoms with Crippen molar-refractivity contribution in [3.8, 4) is 23.0 Å². The van der Waals surface area contributed by atoms with Crippen LogP contribution < -0.4 is 29.6 Å². The molecule has 0 aliphatic heterocycles. The van der Waals surface area contributed by atoms with E-state index in [-0.39, 0.29) is 24.0 Å². The van der Waals surface area contributed by atoms with E-state index in [4.69, 9.17) is 18.9 Å². The van der Waals surface area contributed by atoms with Gasteiger partial charge in [0.05, 0.1) is 35.0 Å². The van der Waals surface area contributed by atoms with E-state index >= 15 is 0 Å². The zero-order chi connectivity index (χ0) is 21.2. The third kappa shape index (κ3) is 6.86. The average Bonchev–Trinajstić information content (AvgIpc) is 2.74. The summed E-state index contributed by atoms with van der Waals surface area (Å²) in [6, 6.07) is 9.94. The zero-order valence-electron chi connectivity index (χ0n) is 18.5. The second kappa shape index (κ2) is 13.0. The van der Waals surface area contributed by atoms with Gasteiger partial charge in [0, 0.05) is 13.1 Å². The topological polar surface area (TPSA) is 73.3 Å². The number of hydrogen-bond acceptors (Lipinski definition) is 5. The van der Waals surface area contributed by atoms with Crippen LogP contribution in [0.1, 0.15) is 23.6 Å². The van der Waals surface area contributed by atoms with Gasteiger partial charge in [-0.25, -0.2) is 4.99 Å². The molecular weight excluding hydrogens is 497 g/mol. The molecule has 2 aromatic carbocycles. The van der Waals surface area contributed by atoms with Crippen molar-refractivity contribution < 1.29 is 18.9 Å². The molecule has 0 aliphatic rings. The number of guanidine groups is 1. The smallest absolute Gasteiger partial charge is 0.203 e. The highest BCUT2D eigenvalue weighted by Gasteiger charge is 2.13. The van der Waals surface area contributed by atoms with E-state index in [1.807, 2.05) is 38.1 Å². The molecule has 2 rings (SSSR count). The maximum atomic E-state index is 5.41. The Morgan fingerprint density at radius 2 is 1.47 bits per heavy atom. The zero-order valence-corrected chi connectivity index (χ0v) is 20.8. The quantitative estimate of drug-likeness (QED) is 0.292. The third-order valence-corrected chi connectivity index (χ3v) is 4.41. The first-order valence-corrected chi connectivity index (χ1v) is 9.50. The van der Waals surface area contributed by atoms with Gasteiger partial charge < -0.3 is 29.6 Å². The number of nitrogens with zero attached hydrogens (tertiary/aromatic N) is 1. The van der Waals surface area contributed by atoms with E-state index in [0.717, 1.165) is 34.9 Å². The van der Waals surface area contributed by atoms with Crippen molar-refractivity contribution in [1.29, 1.82) is 0 Å². The van der Waals surface area contributed by atoms with Crippen molar-refractivity contribution >= 4 is 29.9 Å². The Kier molecular flexibility index (Phi) is 11.2. The summed E-state index contributed by atoms with van der Waals surface area (Å²) in [5.74, 6) is 3.42. The number of benzene rings is 2. The average molecular weight is 529 g/mol. The molecule has 0 fully saturated rings. The van der Waals surface area contributed by atoms with Gasteiger partial charge in [-0.1, -0.05) is 12.1 Å². The van der Waals surface area contributed by atoms with E-state index in [1.165, 1.54) is 0 Å². The van der Waals surface area contributed by atoms with Gasteiger partial charge in [-0.05, 0) is 48.7 Å². The highest BCUT2D eigenvalue weighted by molar-refractivity contribution is 14.0. The van der Waals surface area contributed by atoms with Crippen LogP contribution in [-0.2, 0) is 13.1 Å². The number of hydrogen-bond donors (Lipinski definition) is 2. The van der Waals surface area contributed by atoms with Crippen LogP contribution in [0.3, 0.4) is 0 Å². The van der Waals surface area contributed by atoms with E-state index in [2.05, 4.69) is 21.7 Å². The Bertz CT molecular complexity index is 818. The first kappa shape index (κ1) is 25.7. The summed E-state index contributed by atoms with van der Waals surface area (Å²) in [4.78, 5) is 4.68. The fourth-order valence-corrected chi connectivity index (χ4v) is 2.98. The highest BCUT2D eigenvalue weighted by atomic mass is 127. The molecule has 0 heterocycles. The fraction of sp³-hybridized carbons (Fsp3) is 0.409. The second-order valence-corrected chi connectivity index (χ2v) is 6.39. The van der Waals surface area contributed by atoms with E-state index in [9.17, 15) is 0 Å². The largest absolute Gasteiger partial charge is 0.496 e. The molecule has 0 atom stereocenters. The molecule has 0 amide bonds. The lowest BCUT2D eigenvalue weighted by Crippen LogP contribution is -2.36. The van der Waals surface area contributed by atoms with Crippen LogP contribution in [0.5, 0.6) is 23.0 Å². The van der Waals surface area contributed by atoms with Crippen molar-refractivity contribution in [2.45, 2.75) is 26.9 Å². The highest BCUT2D eigenvalue weighted by Crippen LogP contribution is 2.38. The minimum atomic E-state index is 0. The van der Waals surface area contributed by atoms with E-state index < -0.39 is 0 Å². The van der Waals surface area contributed by atoms with Gasteiger partial charge in [-0.3, -0.25) is 0 Å². The Hall–Kier alpha value is -2.36. The van der Waals surface area contributed by atoms with Gasteiger partial charge in [0.2, 0.25) is 5.75 Å². The number of aliphatic imine (C=N–C) groups is 1. The predicted molar refractivity (Wildman–Crippen MR) is 131 cm³/mol. The van der Waals surface area contributed by atoms with Crippen molar-refractivity contribution in [3.63, 3.8) is 0 Å². The van der Waals surface area contributed by atoms with Crippen LogP contribution in [0.2, 0.25) is 0 Å². The molecule has 7 nitrogen and oxygen atoms in total. The molecule has 8 heteroatoms. The van der Waals surface area contributed by atoms with Gasteiger partial charge in [0.25, 0.3) is 0 Å². The summed E-state index contributed by atoms with van der Waals surface area (Å²) in [6.45, 7) is 5.96. The van der Waals surface area contributed by atoms with Gasteiger partial charge >= 0.3 is 0 Å². The third-order valence-electron chi connectivity index (χ3n) is 4.41. The second-order valence-electron chi connectivity index (χ2n) is 6.39. The van der Waals surface area contributed by atoms with Crippen LogP contribution in [-0.4, -0.2) is 40.9 Å². The van der Waals surface area contributed by atoms with Gasteiger partial charge in [0.15, 0.2) is 17.5 Å². The van der Waals surface area contributed by atoms with Gasteiger partial charge in [-0.2, -0.15) is 0 Å². The molecule has 0 bridgehead atoms.